The third kappa shape index (κ3) is 5.39. The fourth-order valence-electron chi connectivity index (χ4n) is 3.95. The van der Waals surface area contributed by atoms with E-state index in [0.29, 0.717) is 19.5 Å². The van der Waals surface area contributed by atoms with Crippen molar-refractivity contribution in [2.24, 2.45) is 5.92 Å². The Labute approximate surface area is 161 Å². The van der Waals surface area contributed by atoms with Crippen molar-refractivity contribution in [2.75, 3.05) is 13.1 Å². The number of rotatable bonds is 7. The van der Waals surface area contributed by atoms with Crippen molar-refractivity contribution in [3.05, 3.63) is 71.5 Å². The molecule has 1 saturated heterocycles. The SMILES string of the molecule is CC(Cc1ccccc1)C(=O)N(Cc1cccc(F)c1)C[C@]1(C)CCCN1. The Hall–Kier alpha value is -2.20. The van der Waals surface area contributed by atoms with Gasteiger partial charge in [-0.3, -0.25) is 4.79 Å². The normalized spacial score (nSPS) is 20.4. The number of hydrogen-bond donors (Lipinski definition) is 1. The number of carbonyl (C=O) groups excluding carboxylic acids is 1. The van der Waals surface area contributed by atoms with Crippen LogP contribution in [0.25, 0.3) is 0 Å². The van der Waals surface area contributed by atoms with Crippen molar-refractivity contribution >= 4 is 5.91 Å². The van der Waals surface area contributed by atoms with E-state index in [1.165, 1.54) is 12.1 Å². The van der Waals surface area contributed by atoms with Gasteiger partial charge in [0, 0.05) is 24.5 Å². The van der Waals surface area contributed by atoms with E-state index < -0.39 is 0 Å². The van der Waals surface area contributed by atoms with Crippen LogP contribution in [-0.2, 0) is 17.8 Å². The lowest BCUT2D eigenvalue weighted by atomic mass is 9.96. The third-order valence-electron chi connectivity index (χ3n) is 5.38. The van der Waals surface area contributed by atoms with E-state index in [1.807, 2.05) is 36.1 Å². The molecule has 1 heterocycles. The molecule has 0 bridgehead atoms. The maximum absolute atomic E-state index is 13.6. The van der Waals surface area contributed by atoms with Crippen LogP contribution in [0.15, 0.2) is 54.6 Å². The smallest absolute Gasteiger partial charge is 0.226 e. The van der Waals surface area contributed by atoms with E-state index in [2.05, 4.69) is 24.4 Å². The summed E-state index contributed by atoms with van der Waals surface area (Å²) in [6.07, 6.45) is 2.88. The third-order valence-corrected chi connectivity index (χ3v) is 5.38. The fraction of sp³-hybridized carbons (Fsp3) is 0.435. The summed E-state index contributed by atoms with van der Waals surface area (Å²) < 4.78 is 13.6. The van der Waals surface area contributed by atoms with E-state index >= 15 is 0 Å². The molecule has 0 radical (unpaired) electrons. The number of nitrogens with zero attached hydrogens (tertiary/aromatic N) is 1. The average Bonchev–Trinajstić information content (AvgIpc) is 3.07. The van der Waals surface area contributed by atoms with Crippen LogP contribution in [0.3, 0.4) is 0 Å². The van der Waals surface area contributed by atoms with E-state index in [9.17, 15) is 9.18 Å². The maximum Gasteiger partial charge on any atom is 0.226 e. The summed E-state index contributed by atoms with van der Waals surface area (Å²) in [4.78, 5) is 15.2. The Kier molecular flexibility index (Phi) is 6.27. The Balaban J connectivity index is 1.75. The molecule has 3 rings (SSSR count). The van der Waals surface area contributed by atoms with Crippen molar-refractivity contribution < 1.29 is 9.18 Å². The lowest BCUT2D eigenvalue weighted by Gasteiger charge is -2.34. The van der Waals surface area contributed by atoms with Gasteiger partial charge in [0.1, 0.15) is 5.82 Å². The first-order valence-electron chi connectivity index (χ1n) is 9.77. The summed E-state index contributed by atoms with van der Waals surface area (Å²) in [5.41, 5.74) is 1.92. The molecule has 2 aromatic carbocycles. The summed E-state index contributed by atoms with van der Waals surface area (Å²) in [7, 11) is 0. The molecule has 1 amide bonds. The molecule has 2 aromatic rings. The van der Waals surface area contributed by atoms with Crippen LogP contribution in [0.1, 0.15) is 37.8 Å². The Morgan fingerprint density at radius 2 is 1.93 bits per heavy atom. The molecular weight excluding hydrogens is 339 g/mol. The van der Waals surface area contributed by atoms with E-state index in [-0.39, 0.29) is 23.2 Å². The number of benzene rings is 2. The topological polar surface area (TPSA) is 32.3 Å². The highest BCUT2D eigenvalue weighted by Gasteiger charge is 2.33. The molecule has 0 aliphatic carbocycles. The number of carbonyl (C=O) groups is 1. The van der Waals surface area contributed by atoms with Crippen LogP contribution in [0.4, 0.5) is 4.39 Å². The van der Waals surface area contributed by atoms with Gasteiger partial charge in [0.25, 0.3) is 0 Å². The summed E-state index contributed by atoms with van der Waals surface area (Å²) >= 11 is 0. The lowest BCUT2D eigenvalue weighted by molar-refractivity contribution is -0.136. The summed E-state index contributed by atoms with van der Waals surface area (Å²) in [6, 6.07) is 16.6. The minimum atomic E-state index is -0.262. The van der Waals surface area contributed by atoms with Gasteiger partial charge in [0.05, 0.1) is 0 Å². The van der Waals surface area contributed by atoms with Gasteiger partial charge >= 0.3 is 0 Å². The van der Waals surface area contributed by atoms with Crippen LogP contribution >= 0.6 is 0 Å². The zero-order chi connectivity index (χ0) is 19.3. The standard InChI is InChI=1S/C23H29FN2O/c1-18(14-19-8-4-3-5-9-19)22(27)26(17-23(2)12-7-13-25-23)16-20-10-6-11-21(24)15-20/h3-6,8-11,15,18,25H,7,12-14,16-17H2,1-2H3/t18?,23-/m0/s1. The highest BCUT2D eigenvalue weighted by atomic mass is 19.1. The van der Waals surface area contributed by atoms with Crippen molar-refractivity contribution in [1.29, 1.82) is 0 Å². The Bertz CT molecular complexity index is 756. The van der Waals surface area contributed by atoms with Gasteiger partial charge < -0.3 is 10.2 Å². The molecule has 4 heteroatoms. The molecule has 3 nitrogen and oxygen atoms in total. The molecule has 0 saturated carbocycles. The summed E-state index contributed by atoms with van der Waals surface area (Å²) in [5.74, 6) is -0.258. The second kappa shape index (κ2) is 8.66. The largest absolute Gasteiger partial charge is 0.336 e. The maximum atomic E-state index is 13.6. The lowest BCUT2D eigenvalue weighted by Crippen LogP contribution is -2.50. The molecule has 27 heavy (non-hydrogen) atoms. The van der Waals surface area contributed by atoms with Crippen LogP contribution in [0.2, 0.25) is 0 Å². The van der Waals surface area contributed by atoms with Gasteiger partial charge in [-0.2, -0.15) is 0 Å². The minimum absolute atomic E-state index is 0.0740. The second-order valence-electron chi connectivity index (χ2n) is 8.01. The van der Waals surface area contributed by atoms with E-state index in [0.717, 1.165) is 30.5 Å². The van der Waals surface area contributed by atoms with Crippen molar-refractivity contribution in [3.63, 3.8) is 0 Å². The second-order valence-corrected chi connectivity index (χ2v) is 8.01. The highest BCUT2D eigenvalue weighted by molar-refractivity contribution is 5.79. The fourth-order valence-corrected chi connectivity index (χ4v) is 3.95. The molecule has 0 spiro atoms. The highest BCUT2D eigenvalue weighted by Crippen LogP contribution is 2.23. The van der Waals surface area contributed by atoms with E-state index in [4.69, 9.17) is 0 Å². The monoisotopic (exact) mass is 368 g/mol. The molecular formula is C23H29FN2O. The summed E-state index contributed by atoms with van der Waals surface area (Å²) in [6.45, 7) is 6.22. The van der Waals surface area contributed by atoms with Crippen LogP contribution < -0.4 is 5.32 Å². The van der Waals surface area contributed by atoms with Gasteiger partial charge in [-0.05, 0) is 56.0 Å². The van der Waals surface area contributed by atoms with Gasteiger partial charge in [-0.25, -0.2) is 4.39 Å². The first kappa shape index (κ1) is 19.6. The molecule has 0 aromatic heterocycles. The molecule has 1 N–H and O–H groups in total. The molecule has 144 valence electrons. The molecule has 2 atom stereocenters. The first-order chi connectivity index (χ1) is 13.0. The Morgan fingerprint density at radius 3 is 2.59 bits per heavy atom. The van der Waals surface area contributed by atoms with Crippen molar-refractivity contribution in [3.8, 4) is 0 Å². The van der Waals surface area contributed by atoms with Gasteiger partial charge in [-0.15, -0.1) is 0 Å². The number of halogens is 1. The molecule has 1 aliphatic heterocycles. The number of amides is 1. The average molecular weight is 368 g/mol. The zero-order valence-corrected chi connectivity index (χ0v) is 16.2. The van der Waals surface area contributed by atoms with Crippen LogP contribution in [0.5, 0.6) is 0 Å². The predicted octanol–water partition coefficient (Wildman–Crippen LogP) is 4.18. The van der Waals surface area contributed by atoms with Gasteiger partial charge in [0.15, 0.2) is 0 Å². The number of hydrogen-bond acceptors (Lipinski definition) is 2. The zero-order valence-electron chi connectivity index (χ0n) is 16.2. The van der Waals surface area contributed by atoms with Crippen LogP contribution in [0, 0.1) is 11.7 Å². The first-order valence-corrected chi connectivity index (χ1v) is 9.77. The van der Waals surface area contributed by atoms with Crippen LogP contribution in [-0.4, -0.2) is 29.4 Å². The van der Waals surface area contributed by atoms with Gasteiger partial charge in [-0.1, -0.05) is 49.4 Å². The Morgan fingerprint density at radius 1 is 1.19 bits per heavy atom. The van der Waals surface area contributed by atoms with E-state index in [1.54, 1.807) is 6.07 Å². The summed E-state index contributed by atoms with van der Waals surface area (Å²) in [5, 5.41) is 3.54. The van der Waals surface area contributed by atoms with Gasteiger partial charge in [0.2, 0.25) is 5.91 Å². The molecule has 1 aliphatic rings. The quantitative estimate of drug-likeness (QED) is 0.795. The predicted molar refractivity (Wildman–Crippen MR) is 107 cm³/mol. The van der Waals surface area contributed by atoms with Crippen molar-refractivity contribution in [2.45, 2.75) is 45.2 Å². The number of nitrogens with one attached hydrogen (secondary N) is 1. The van der Waals surface area contributed by atoms with Crippen molar-refractivity contribution in [1.82, 2.24) is 10.2 Å². The molecule has 1 unspecified atom stereocenters. The molecule has 1 fully saturated rings. The minimum Gasteiger partial charge on any atom is -0.336 e.